The molecule has 3 heteroatoms. The first kappa shape index (κ1) is 16.5. The van der Waals surface area contributed by atoms with Crippen LogP contribution in [0, 0.1) is 6.92 Å². The second-order valence-electron chi connectivity index (χ2n) is 6.39. The van der Waals surface area contributed by atoms with Crippen LogP contribution in [0.15, 0.2) is 66.7 Å². The van der Waals surface area contributed by atoms with Crippen LogP contribution in [0.25, 0.3) is 0 Å². The fourth-order valence-corrected chi connectivity index (χ4v) is 4.09. The van der Waals surface area contributed by atoms with Crippen molar-refractivity contribution in [2.24, 2.45) is 0 Å². The van der Waals surface area contributed by atoms with Crippen LogP contribution in [0.1, 0.15) is 43.7 Å². The standard InChI is InChI=1S/C23H16O2S/c1-15-9-11-16(12-10-15)13-17-5-4-8-20-21(17)22(25)18-6-2-3-7-19(18)23(20)26-14-24/h2-12H,13H2,1H3. The highest BCUT2D eigenvalue weighted by Crippen LogP contribution is 2.31. The molecule has 0 aliphatic heterocycles. The molecule has 3 aromatic rings. The zero-order valence-corrected chi connectivity index (χ0v) is 15.1. The van der Waals surface area contributed by atoms with E-state index in [1.54, 1.807) is 0 Å². The van der Waals surface area contributed by atoms with Crippen molar-refractivity contribution < 1.29 is 9.59 Å². The van der Waals surface area contributed by atoms with Gasteiger partial charge in [-0.2, -0.15) is 0 Å². The van der Waals surface area contributed by atoms with Crippen molar-refractivity contribution in [2.45, 2.75) is 13.3 Å². The molecule has 126 valence electrons. The summed E-state index contributed by atoms with van der Waals surface area (Å²) in [6, 6.07) is 21.7. The van der Waals surface area contributed by atoms with E-state index in [9.17, 15) is 9.59 Å². The highest BCUT2D eigenvalue weighted by molar-refractivity contribution is 7.97. The second kappa shape index (κ2) is 6.72. The third-order valence-corrected chi connectivity index (χ3v) is 5.42. The lowest BCUT2D eigenvalue weighted by molar-refractivity contribution is 0.103. The van der Waals surface area contributed by atoms with E-state index in [-0.39, 0.29) is 5.78 Å². The van der Waals surface area contributed by atoms with Crippen LogP contribution in [0.2, 0.25) is 0 Å². The monoisotopic (exact) mass is 356 g/mol. The lowest BCUT2D eigenvalue weighted by Gasteiger charge is -2.22. The van der Waals surface area contributed by atoms with Crippen LogP contribution in [-0.4, -0.2) is 15.9 Å². The molecule has 0 amide bonds. The second-order valence-corrected chi connectivity index (χ2v) is 7.17. The smallest absolute Gasteiger partial charge is 0.194 e. The highest BCUT2D eigenvalue weighted by atomic mass is 32.1. The minimum Gasteiger partial charge on any atom is -0.289 e. The number of hydrogen-bond donors (Lipinski definition) is 0. The number of hydrogen-bond acceptors (Lipinski definition) is 2. The van der Waals surface area contributed by atoms with Gasteiger partial charge in [0, 0.05) is 22.3 Å². The molecule has 3 aromatic carbocycles. The maximum atomic E-state index is 13.2. The Bertz CT molecular complexity index is 1110. The number of benzene rings is 3. The fraction of sp³-hybridized carbons (Fsp3) is 0.0870. The molecule has 0 N–H and O–H groups in total. The van der Waals surface area contributed by atoms with E-state index in [1.165, 1.54) is 5.56 Å². The average Bonchev–Trinajstić information content (AvgIpc) is 2.67. The quantitative estimate of drug-likeness (QED) is 0.496. The van der Waals surface area contributed by atoms with E-state index < -0.39 is 0 Å². The zero-order valence-electron chi connectivity index (χ0n) is 14.3. The lowest BCUT2D eigenvalue weighted by atomic mass is 9.81. The summed E-state index contributed by atoms with van der Waals surface area (Å²) in [7, 11) is 1.02. The molecular formula is C23H16O2S. The average molecular weight is 356 g/mol. The van der Waals surface area contributed by atoms with E-state index >= 15 is 0 Å². The maximum Gasteiger partial charge on any atom is 0.194 e. The Morgan fingerprint density at radius 1 is 0.846 bits per heavy atom. The van der Waals surface area contributed by atoms with Crippen molar-refractivity contribution in [1.29, 1.82) is 0 Å². The number of aryl methyl sites for hydroxylation is 1. The number of fused-ring (bicyclic) bond motifs is 2. The topological polar surface area (TPSA) is 34.1 Å². The van der Waals surface area contributed by atoms with Crippen LogP contribution in [0.4, 0.5) is 0 Å². The van der Waals surface area contributed by atoms with Gasteiger partial charge in [0.2, 0.25) is 0 Å². The van der Waals surface area contributed by atoms with E-state index in [1.807, 2.05) is 47.7 Å². The van der Waals surface area contributed by atoms with Gasteiger partial charge in [-0.05, 0) is 35.4 Å². The summed E-state index contributed by atoms with van der Waals surface area (Å²) in [5.74, 6) is 0.0218. The van der Waals surface area contributed by atoms with Gasteiger partial charge in [-0.3, -0.25) is 4.79 Å². The van der Waals surface area contributed by atoms with Crippen molar-refractivity contribution in [2.75, 3.05) is 0 Å². The molecule has 0 unspecified atom stereocenters. The van der Waals surface area contributed by atoms with Crippen molar-refractivity contribution in [3.05, 3.63) is 106 Å². The van der Waals surface area contributed by atoms with Crippen LogP contribution in [0.5, 0.6) is 0 Å². The summed E-state index contributed by atoms with van der Waals surface area (Å²) >= 11 is 0. The van der Waals surface area contributed by atoms with Crippen LogP contribution < -0.4 is 0 Å². The molecule has 1 aliphatic carbocycles. The SMILES string of the molecule is Cc1ccc(Cc2cccc3c2C(=O)c2ccccc2C3=S=C=O)cc1. The Morgan fingerprint density at radius 3 is 2.27 bits per heavy atom. The summed E-state index contributed by atoms with van der Waals surface area (Å²) in [6.45, 7) is 2.06. The van der Waals surface area contributed by atoms with Crippen molar-refractivity contribution in [3.8, 4) is 0 Å². The normalized spacial score (nSPS) is 12.2. The Labute approximate surface area is 155 Å². The first-order chi connectivity index (χ1) is 12.7. The summed E-state index contributed by atoms with van der Waals surface area (Å²) in [4.78, 5) is 25.1. The molecule has 2 nitrogen and oxygen atoms in total. The molecule has 0 saturated heterocycles. The molecule has 0 heterocycles. The maximum absolute atomic E-state index is 13.2. The number of ketones is 1. The first-order valence-corrected chi connectivity index (χ1v) is 9.23. The van der Waals surface area contributed by atoms with E-state index in [4.69, 9.17) is 0 Å². The highest BCUT2D eigenvalue weighted by Gasteiger charge is 2.29. The van der Waals surface area contributed by atoms with Crippen LogP contribution in [0.3, 0.4) is 0 Å². The summed E-state index contributed by atoms with van der Waals surface area (Å²) in [5.41, 5.74) is 6.33. The molecule has 0 fully saturated rings. The predicted octanol–water partition coefficient (Wildman–Crippen LogP) is 4.50. The molecule has 0 radical (unpaired) electrons. The summed E-state index contributed by atoms with van der Waals surface area (Å²) in [5, 5.41) is 1.93. The van der Waals surface area contributed by atoms with Gasteiger partial charge in [0.1, 0.15) is 0 Å². The predicted molar refractivity (Wildman–Crippen MR) is 107 cm³/mol. The molecule has 0 spiro atoms. The molecule has 26 heavy (non-hydrogen) atoms. The van der Waals surface area contributed by atoms with E-state index in [0.29, 0.717) is 17.5 Å². The van der Waals surface area contributed by atoms with E-state index in [2.05, 4.69) is 31.2 Å². The lowest BCUT2D eigenvalue weighted by Crippen LogP contribution is -2.22. The molecule has 0 atom stereocenters. The fourth-order valence-electron chi connectivity index (χ4n) is 3.44. The minimum absolute atomic E-state index is 0.0218. The van der Waals surface area contributed by atoms with Gasteiger partial charge >= 0.3 is 0 Å². The van der Waals surface area contributed by atoms with Gasteiger partial charge < -0.3 is 0 Å². The third kappa shape index (κ3) is 2.78. The first-order valence-electron chi connectivity index (χ1n) is 8.42. The van der Waals surface area contributed by atoms with Crippen molar-refractivity contribution in [3.63, 3.8) is 0 Å². The van der Waals surface area contributed by atoms with Gasteiger partial charge in [0.05, 0.1) is 4.86 Å². The van der Waals surface area contributed by atoms with Gasteiger partial charge in [-0.15, -0.1) is 0 Å². The zero-order chi connectivity index (χ0) is 18.1. The van der Waals surface area contributed by atoms with Gasteiger partial charge in [0.15, 0.2) is 11.0 Å². The molecule has 0 aromatic heterocycles. The van der Waals surface area contributed by atoms with Crippen molar-refractivity contribution >= 4 is 26.8 Å². The van der Waals surface area contributed by atoms with Gasteiger partial charge in [0.25, 0.3) is 0 Å². The van der Waals surface area contributed by atoms with Crippen molar-refractivity contribution in [1.82, 2.24) is 0 Å². The molecule has 0 saturated carbocycles. The van der Waals surface area contributed by atoms with Crippen LogP contribution >= 0.6 is 10.9 Å². The van der Waals surface area contributed by atoms with E-state index in [0.717, 1.165) is 38.1 Å². The number of carbonyl (C=O) groups excluding carboxylic acids is 2. The third-order valence-electron chi connectivity index (χ3n) is 4.70. The Kier molecular flexibility index (Phi) is 4.26. The van der Waals surface area contributed by atoms with Crippen LogP contribution in [-0.2, 0) is 11.2 Å². The Balaban J connectivity index is 1.92. The Hall–Kier alpha value is -3.00. The summed E-state index contributed by atoms with van der Waals surface area (Å²) < 4.78 is 0. The Morgan fingerprint density at radius 2 is 1.54 bits per heavy atom. The largest absolute Gasteiger partial charge is 0.289 e. The molecule has 1 aliphatic rings. The van der Waals surface area contributed by atoms with Gasteiger partial charge in [-0.25, -0.2) is 4.79 Å². The number of rotatable bonds is 2. The molecule has 4 rings (SSSR count). The summed E-state index contributed by atoms with van der Waals surface area (Å²) in [6.07, 6.45) is 0.681. The minimum atomic E-state index is 0.0218. The number of carbonyl (C=O) groups is 1. The van der Waals surface area contributed by atoms with Gasteiger partial charge in [-0.1, -0.05) is 72.3 Å². The molecular weight excluding hydrogens is 340 g/mol. The molecule has 0 bridgehead atoms.